The van der Waals surface area contributed by atoms with Gasteiger partial charge >= 0.3 is 0 Å². The first-order chi connectivity index (χ1) is 16.6. The number of benzene rings is 3. The first-order valence-electron chi connectivity index (χ1n) is 11.7. The molecule has 0 aliphatic carbocycles. The van der Waals surface area contributed by atoms with Crippen LogP contribution in [0.3, 0.4) is 0 Å². The second-order valence-corrected chi connectivity index (χ2v) is 10.8. The lowest BCUT2D eigenvalue weighted by Gasteiger charge is -2.32. The average Bonchev–Trinajstić information content (AvgIpc) is 2.87. The summed E-state index contributed by atoms with van der Waals surface area (Å²) in [5.74, 6) is -0.653. The van der Waals surface area contributed by atoms with E-state index in [2.05, 4.69) is 4.72 Å². The number of amides is 1. The van der Waals surface area contributed by atoms with Crippen LogP contribution in [0.25, 0.3) is 0 Å². The van der Waals surface area contributed by atoms with E-state index in [9.17, 15) is 18.3 Å². The zero-order valence-electron chi connectivity index (χ0n) is 20.6. The van der Waals surface area contributed by atoms with Crippen LogP contribution in [0.4, 0.5) is 0 Å². The van der Waals surface area contributed by atoms with Crippen LogP contribution in [0.2, 0.25) is 0 Å². The molecule has 3 aromatic rings. The fourth-order valence-corrected chi connectivity index (χ4v) is 5.29. The molecular weight excluding hydrogens is 460 g/mol. The number of carbonyl (C=O) groups is 1. The third-order valence-corrected chi connectivity index (χ3v) is 7.89. The maximum Gasteiger partial charge on any atom is 0.241 e. The summed E-state index contributed by atoms with van der Waals surface area (Å²) in [6.07, 6.45) is -0.561. The SMILES string of the molecule is Cc1ccc(S(=O)(=O)N[C@@H](C[C@@H](C)C(=O)N(C)[C@@H](C)[C@@H](O)c2ccccc2)c2ccccc2)cc1. The van der Waals surface area contributed by atoms with Crippen molar-refractivity contribution in [2.75, 3.05) is 7.05 Å². The molecule has 1 amide bonds. The van der Waals surface area contributed by atoms with Crippen LogP contribution in [-0.2, 0) is 14.8 Å². The number of sulfonamides is 1. The molecule has 3 aromatic carbocycles. The molecular formula is C28H34N2O4S. The topological polar surface area (TPSA) is 86.7 Å². The molecule has 0 heterocycles. The zero-order chi connectivity index (χ0) is 25.6. The fraction of sp³-hybridized carbons (Fsp3) is 0.321. The summed E-state index contributed by atoms with van der Waals surface area (Å²) in [5.41, 5.74) is 2.49. The van der Waals surface area contributed by atoms with Gasteiger partial charge in [-0.1, -0.05) is 85.3 Å². The van der Waals surface area contributed by atoms with Gasteiger partial charge in [-0.25, -0.2) is 13.1 Å². The molecule has 6 nitrogen and oxygen atoms in total. The molecule has 0 spiro atoms. The van der Waals surface area contributed by atoms with Gasteiger partial charge in [-0.3, -0.25) is 4.79 Å². The van der Waals surface area contributed by atoms with E-state index in [4.69, 9.17) is 0 Å². The van der Waals surface area contributed by atoms with E-state index >= 15 is 0 Å². The molecule has 7 heteroatoms. The summed E-state index contributed by atoms with van der Waals surface area (Å²) in [6, 6.07) is 24.1. The van der Waals surface area contributed by atoms with Crippen LogP contribution in [0, 0.1) is 12.8 Å². The fourth-order valence-electron chi connectivity index (χ4n) is 4.05. The molecule has 0 saturated heterocycles. The predicted molar refractivity (Wildman–Crippen MR) is 138 cm³/mol. The van der Waals surface area contributed by atoms with E-state index in [0.717, 1.165) is 16.7 Å². The molecule has 35 heavy (non-hydrogen) atoms. The first kappa shape index (κ1) is 26.6. The second-order valence-electron chi connectivity index (χ2n) is 9.08. The quantitative estimate of drug-likeness (QED) is 0.431. The van der Waals surface area contributed by atoms with Crippen molar-refractivity contribution in [1.82, 2.24) is 9.62 Å². The molecule has 0 saturated carbocycles. The van der Waals surface area contributed by atoms with Gasteiger partial charge in [0.25, 0.3) is 0 Å². The molecule has 186 valence electrons. The van der Waals surface area contributed by atoms with Crippen LogP contribution < -0.4 is 4.72 Å². The molecule has 4 atom stereocenters. The van der Waals surface area contributed by atoms with Gasteiger partial charge in [0.2, 0.25) is 15.9 Å². The van der Waals surface area contributed by atoms with E-state index in [1.807, 2.05) is 67.6 Å². The first-order valence-corrected chi connectivity index (χ1v) is 13.2. The maximum atomic E-state index is 13.3. The molecule has 0 bridgehead atoms. The Balaban J connectivity index is 1.78. The number of rotatable bonds is 10. The Bertz CT molecular complexity index is 1200. The van der Waals surface area contributed by atoms with E-state index in [0.29, 0.717) is 0 Å². The molecule has 2 N–H and O–H groups in total. The highest BCUT2D eigenvalue weighted by Crippen LogP contribution is 2.27. The monoisotopic (exact) mass is 494 g/mol. The lowest BCUT2D eigenvalue weighted by atomic mass is 9.94. The Morgan fingerprint density at radius 3 is 1.94 bits per heavy atom. The smallest absolute Gasteiger partial charge is 0.241 e. The molecule has 0 unspecified atom stereocenters. The summed E-state index contributed by atoms with van der Waals surface area (Å²) in [5, 5.41) is 10.8. The van der Waals surface area contributed by atoms with Crippen molar-refractivity contribution in [1.29, 1.82) is 0 Å². The van der Waals surface area contributed by atoms with E-state index in [1.54, 1.807) is 50.1 Å². The van der Waals surface area contributed by atoms with Gasteiger partial charge in [0, 0.05) is 19.0 Å². The summed E-state index contributed by atoms with van der Waals surface area (Å²) < 4.78 is 29.1. The van der Waals surface area contributed by atoms with E-state index in [-0.39, 0.29) is 17.2 Å². The highest BCUT2D eigenvalue weighted by Gasteiger charge is 2.30. The van der Waals surface area contributed by atoms with Crippen LogP contribution in [0.1, 0.15) is 49.1 Å². The Morgan fingerprint density at radius 1 is 0.886 bits per heavy atom. The second kappa shape index (κ2) is 11.6. The maximum absolute atomic E-state index is 13.3. The minimum atomic E-state index is -3.80. The summed E-state index contributed by atoms with van der Waals surface area (Å²) in [4.78, 5) is 15.0. The average molecular weight is 495 g/mol. The van der Waals surface area contributed by atoms with Crippen molar-refractivity contribution in [2.24, 2.45) is 5.92 Å². The largest absolute Gasteiger partial charge is 0.386 e. The van der Waals surface area contributed by atoms with Crippen molar-refractivity contribution in [2.45, 2.75) is 50.3 Å². The summed E-state index contributed by atoms with van der Waals surface area (Å²) in [6.45, 7) is 5.49. The van der Waals surface area contributed by atoms with Crippen LogP contribution >= 0.6 is 0 Å². The molecule has 0 aromatic heterocycles. The third kappa shape index (κ3) is 6.78. The van der Waals surface area contributed by atoms with Gasteiger partial charge in [-0.05, 0) is 43.5 Å². The van der Waals surface area contributed by atoms with Gasteiger partial charge in [0.1, 0.15) is 0 Å². The summed E-state index contributed by atoms with van der Waals surface area (Å²) in [7, 11) is -2.13. The molecule has 0 radical (unpaired) electrons. The lowest BCUT2D eigenvalue weighted by Crippen LogP contribution is -2.42. The van der Waals surface area contributed by atoms with Crippen molar-refractivity contribution in [3.8, 4) is 0 Å². The number of hydrogen-bond acceptors (Lipinski definition) is 4. The molecule has 0 aliphatic heterocycles. The number of aliphatic hydroxyl groups is 1. The van der Waals surface area contributed by atoms with Crippen LogP contribution in [0.15, 0.2) is 89.8 Å². The molecule has 0 aliphatic rings. The Morgan fingerprint density at radius 2 is 1.40 bits per heavy atom. The normalized spacial score (nSPS) is 15.1. The number of carbonyl (C=O) groups excluding carboxylic acids is 1. The van der Waals surface area contributed by atoms with Crippen LogP contribution in [-0.4, -0.2) is 37.4 Å². The number of nitrogens with zero attached hydrogens (tertiary/aromatic N) is 1. The zero-order valence-corrected chi connectivity index (χ0v) is 21.4. The standard InChI is InChI=1S/C28H34N2O4S/c1-20-15-17-25(18-16-20)35(33,34)29-26(23-11-7-5-8-12-23)19-21(2)28(32)30(4)22(3)27(31)24-13-9-6-10-14-24/h5-18,21-22,26-27,29,31H,19H2,1-4H3/t21-,22+,26+,27-/m1/s1. The number of likely N-dealkylation sites (N-methyl/N-ethyl adjacent to an activating group) is 1. The Hall–Kier alpha value is -3.00. The van der Waals surface area contributed by atoms with Gasteiger partial charge < -0.3 is 10.0 Å². The van der Waals surface area contributed by atoms with Gasteiger partial charge in [-0.2, -0.15) is 0 Å². The lowest BCUT2D eigenvalue weighted by molar-refractivity contribution is -0.138. The summed E-state index contributed by atoms with van der Waals surface area (Å²) >= 11 is 0. The van der Waals surface area contributed by atoms with E-state index < -0.39 is 34.1 Å². The van der Waals surface area contributed by atoms with Crippen molar-refractivity contribution in [3.63, 3.8) is 0 Å². The number of hydrogen-bond donors (Lipinski definition) is 2. The number of aliphatic hydroxyl groups excluding tert-OH is 1. The number of aryl methyl sites for hydroxylation is 1. The Kier molecular flexibility index (Phi) is 8.83. The van der Waals surface area contributed by atoms with Crippen LogP contribution in [0.5, 0.6) is 0 Å². The molecule has 0 fully saturated rings. The van der Waals surface area contributed by atoms with Crippen molar-refractivity contribution >= 4 is 15.9 Å². The minimum absolute atomic E-state index is 0.164. The third-order valence-electron chi connectivity index (χ3n) is 6.40. The molecule has 3 rings (SSSR count). The predicted octanol–water partition coefficient (Wildman–Crippen LogP) is 4.62. The number of nitrogens with one attached hydrogen (secondary N) is 1. The Labute approximate surface area is 208 Å². The van der Waals surface area contributed by atoms with Crippen molar-refractivity contribution in [3.05, 3.63) is 102 Å². The highest BCUT2D eigenvalue weighted by atomic mass is 32.2. The van der Waals surface area contributed by atoms with E-state index in [1.165, 1.54) is 0 Å². The van der Waals surface area contributed by atoms with Crippen molar-refractivity contribution < 1.29 is 18.3 Å². The van der Waals surface area contributed by atoms with Gasteiger partial charge in [0.05, 0.1) is 17.0 Å². The minimum Gasteiger partial charge on any atom is -0.386 e. The van der Waals surface area contributed by atoms with Gasteiger partial charge in [0.15, 0.2) is 0 Å². The van der Waals surface area contributed by atoms with Gasteiger partial charge in [-0.15, -0.1) is 0 Å². The highest BCUT2D eigenvalue weighted by molar-refractivity contribution is 7.89.